The first-order valence-corrected chi connectivity index (χ1v) is 8.11. The topological polar surface area (TPSA) is 89.9 Å². The molecule has 1 heterocycles. The van der Waals surface area contributed by atoms with Crippen molar-refractivity contribution >= 4 is 15.7 Å². The molecule has 20 heavy (non-hydrogen) atoms. The molecule has 1 atom stereocenters. The van der Waals surface area contributed by atoms with Crippen LogP contribution in [0.25, 0.3) is 0 Å². The Labute approximate surface area is 119 Å². The smallest absolute Gasteiger partial charge is 0.243 e. The average Bonchev–Trinajstić information content (AvgIpc) is 3.00. The average molecular weight is 300 g/mol. The van der Waals surface area contributed by atoms with Crippen LogP contribution < -0.4 is 5.32 Å². The number of hydrogen-bond acceptors (Lipinski definition) is 5. The summed E-state index contributed by atoms with van der Waals surface area (Å²) in [4.78, 5) is 0.253. The molecule has 7 heteroatoms. The van der Waals surface area contributed by atoms with Gasteiger partial charge in [0.1, 0.15) is 0 Å². The lowest BCUT2D eigenvalue weighted by molar-refractivity contribution is 0.105. The summed E-state index contributed by atoms with van der Waals surface area (Å²) in [6.45, 7) is 0.981. The highest BCUT2D eigenvalue weighted by Crippen LogP contribution is 2.23. The Morgan fingerprint density at radius 3 is 2.65 bits per heavy atom. The normalized spacial score (nSPS) is 18.1. The molecule has 1 fully saturated rings. The number of nitrogens with one attached hydrogen (secondary N) is 1. The predicted molar refractivity (Wildman–Crippen MR) is 76.0 cm³/mol. The zero-order valence-corrected chi connectivity index (χ0v) is 12.0. The third-order valence-electron chi connectivity index (χ3n) is 3.29. The number of aliphatic hydroxyl groups is 2. The molecule has 0 spiro atoms. The Balaban J connectivity index is 2.12. The Kier molecular flexibility index (Phi) is 4.98. The fourth-order valence-electron chi connectivity index (χ4n) is 2.14. The largest absolute Gasteiger partial charge is 0.394 e. The standard InChI is InChI=1S/C13H20N2O4S/c16-10-12(17)9-14-11-4-3-5-13(8-11)20(18,19)15-6-1-2-7-15/h3-5,8,12,14,16-17H,1-2,6-7,9-10H2. The summed E-state index contributed by atoms with van der Waals surface area (Å²) in [6, 6.07) is 6.52. The van der Waals surface area contributed by atoms with Crippen molar-refractivity contribution in [2.24, 2.45) is 0 Å². The van der Waals surface area contributed by atoms with Gasteiger partial charge in [0.25, 0.3) is 0 Å². The zero-order chi connectivity index (χ0) is 14.6. The molecule has 112 valence electrons. The highest BCUT2D eigenvalue weighted by Gasteiger charge is 2.27. The molecule has 1 saturated heterocycles. The van der Waals surface area contributed by atoms with Crippen LogP contribution in [0.1, 0.15) is 12.8 Å². The lowest BCUT2D eigenvalue weighted by atomic mass is 10.3. The van der Waals surface area contributed by atoms with Gasteiger partial charge in [-0.15, -0.1) is 0 Å². The lowest BCUT2D eigenvalue weighted by Crippen LogP contribution is -2.28. The Bertz CT molecular complexity index is 541. The van der Waals surface area contributed by atoms with Crippen molar-refractivity contribution in [3.8, 4) is 0 Å². The van der Waals surface area contributed by atoms with E-state index < -0.39 is 16.1 Å². The molecule has 1 aromatic rings. The minimum atomic E-state index is -3.42. The van der Waals surface area contributed by atoms with Gasteiger partial charge in [-0.1, -0.05) is 6.07 Å². The maximum Gasteiger partial charge on any atom is 0.243 e. The molecule has 0 radical (unpaired) electrons. The summed E-state index contributed by atoms with van der Waals surface area (Å²) >= 11 is 0. The van der Waals surface area contributed by atoms with E-state index in [0.717, 1.165) is 12.8 Å². The molecular formula is C13H20N2O4S. The van der Waals surface area contributed by atoms with Crippen molar-refractivity contribution in [1.29, 1.82) is 0 Å². The first kappa shape index (κ1) is 15.2. The van der Waals surface area contributed by atoms with E-state index in [-0.39, 0.29) is 18.0 Å². The second-order valence-corrected chi connectivity index (χ2v) is 6.79. The number of benzene rings is 1. The lowest BCUT2D eigenvalue weighted by Gasteiger charge is -2.16. The van der Waals surface area contributed by atoms with Crippen LogP contribution in [0.3, 0.4) is 0 Å². The summed E-state index contributed by atoms with van der Waals surface area (Å²) in [5, 5.41) is 20.9. The quantitative estimate of drug-likeness (QED) is 0.700. The van der Waals surface area contributed by atoms with Crippen LogP contribution in [-0.4, -0.2) is 55.3 Å². The molecule has 0 aliphatic carbocycles. The number of hydrogen-bond donors (Lipinski definition) is 3. The third kappa shape index (κ3) is 3.49. The van der Waals surface area contributed by atoms with Crippen molar-refractivity contribution in [2.75, 3.05) is 31.6 Å². The number of sulfonamides is 1. The first-order valence-electron chi connectivity index (χ1n) is 6.67. The van der Waals surface area contributed by atoms with Gasteiger partial charge in [0.2, 0.25) is 10.0 Å². The fourth-order valence-corrected chi connectivity index (χ4v) is 3.71. The summed E-state index contributed by atoms with van der Waals surface area (Å²) < 4.78 is 26.3. The van der Waals surface area contributed by atoms with E-state index in [1.54, 1.807) is 24.3 Å². The summed E-state index contributed by atoms with van der Waals surface area (Å²) in [6.07, 6.45) is 0.938. The van der Waals surface area contributed by atoms with Gasteiger partial charge in [0.05, 0.1) is 17.6 Å². The fraction of sp³-hybridized carbons (Fsp3) is 0.538. The van der Waals surface area contributed by atoms with Gasteiger partial charge >= 0.3 is 0 Å². The van der Waals surface area contributed by atoms with Gasteiger partial charge in [-0.05, 0) is 31.0 Å². The number of aliphatic hydroxyl groups excluding tert-OH is 2. The summed E-state index contributed by atoms with van der Waals surface area (Å²) in [5.41, 5.74) is 0.609. The van der Waals surface area contributed by atoms with E-state index in [1.807, 2.05) is 0 Å². The minimum Gasteiger partial charge on any atom is -0.394 e. The van der Waals surface area contributed by atoms with E-state index in [0.29, 0.717) is 18.8 Å². The second-order valence-electron chi connectivity index (χ2n) is 4.86. The monoisotopic (exact) mass is 300 g/mol. The molecule has 1 aromatic carbocycles. The molecule has 0 saturated carbocycles. The van der Waals surface area contributed by atoms with E-state index in [4.69, 9.17) is 5.11 Å². The Hall–Kier alpha value is -1.15. The minimum absolute atomic E-state index is 0.170. The van der Waals surface area contributed by atoms with Crippen molar-refractivity contribution < 1.29 is 18.6 Å². The number of anilines is 1. The van der Waals surface area contributed by atoms with Gasteiger partial charge in [-0.2, -0.15) is 4.31 Å². The van der Waals surface area contributed by atoms with Crippen molar-refractivity contribution in [1.82, 2.24) is 4.31 Å². The van der Waals surface area contributed by atoms with Gasteiger partial charge in [-0.3, -0.25) is 0 Å². The van der Waals surface area contributed by atoms with Crippen LogP contribution in [0.2, 0.25) is 0 Å². The SMILES string of the molecule is O=S(=O)(c1cccc(NCC(O)CO)c1)N1CCCC1. The first-order chi connectivity index (χ1) is 9.54. The van der Waals surface area contributed by atoms with Crippen LogP contribution in [0.15, 0.2) is 29.2 Å². The van der Waals surface area contributed by atoms with Gasteiger partial charge in [0.15, 0.2) is 0 Å². The molecule has 3 N–H and O–H groups in total. The van der Waals surface area contributed by atoms with Gasteiger partial charge < -0.3 is 15.5 Å². The summed E-state index contributed by atoms with van der Waals surface area (Å²) in [5.74, 6) is 0. The van der Waals surface area contributed by atoms with E-state index >= 15 is 0 Å². The second kappa shape index (κ2) is 6.53. The summed E-state index contributed by atoms with van der Waals surface area (Å²) in [7, 11) is -3.42. The third-order valence-corrected chi connectivity index (χ3v) is 5.18. The maximum absolute atomic E-state index is 12.4. The molecule has 6 nitrogen and oxygen atoms in total. The van der Waals surface area contributed by atoms with Crippen molar-refractivity contribution in [2.45, 2.75) is 23.8 Å². The van der Waals surface area contributed by atoms with E-state index in [1.165, 1.54) is 4.31 Å². The Morgan fingerprint density at radius 1 is 1.30 bits per heavy atom. The molecule has 0 bridgehead atoms. The van der Waals surface area contributed by atoms with E-state index in [2.05, 4.69) is 5.32 Å². The van der Waals surface area contributed by atoms with Gasteiger partial charge in [-0.25, -0.2) is 8.42 Å². The molecule has 1 aliphatic rings. The molecule has 1 aliphatic heterocycles. The molecular weight excluding hydrogens is 280 g/mol. The molecule has 0 amide bonds. The molecule has 1 unspecified atom stereocenters. The number of rotatable bonds is 6. The highest BCUT2D eigenvalue weighted by molar-refractivity contribution is 7.89. The molecule has 0 aromatic heterocycles. The van der Waals surface area contributed by atoms with E-state index in [9.17, 15) is 13.5 Å². The van der Waals surface area contributed by atoms with Crippen LogP contribution in [0.5, 0.6) is 0 Å². The van der Waals surface area contributed by atoms with Gasteiger partial charge in [0, 0.05) is 25.3 Å². The highest BCUT2D eigenvalue weighted by atomic mass is 32.2. The number of nitrogens with zero attached hydrogens (tertiary/aromatic N) is 1. The van der Waals surface area contributed by atoms with Crippen LogP contribution in [-0.2, 0) is 10.0 Å². The van der Waals surface area contributed by atoms with Crippen molar-refractivity contribution in [3.05, 3.63) is 24.3 Å². The zero-order valence-electron chi connectivity index (χ0n) is 11.2. The predicted octanol–water partition coefficient (Wildman–Crippen LogP) is 0.236. The Morgan fingerprint density at radius 2 is 2.00 bits per heavy atom. The molecule has 2 rings (SSSR count). The van der Waals surface area contributed by atoms with Crippen LogP contribution in [0, 0.1) is 0 Å². The maximum atomic E-state index is 12.4. The van der Waals surface area contributed by atoms with Crippen LogP contribution in [0.4, 0.5) is 5.69 Å². The van der Waals surface area contributed by atoms with Crippen molar-refractivity contribution in [3.63, 3.8) is 0 Å². The van der Waals surface area contributed by atoms with Crippen LogP contribution >= 0.6 is 0 Å².